The molecular formula is C26H30N2O2. The molecular weight excluding hydrogens is 372 g/mol. The summed E-state index contributed by atoms with van der Waals surface area (Å²) in [4.78, 5) is 4.92. The molecule has 1 fully saturated rings. The molecule has 1 aliphatic rings. The van der Waals surface area contributed by atoms with Crippen molar-refractivity contribution < 1.29 is 9.57 Å². The number of oxime groups is 1. The third-order valence-electron chi connectivity index (χ3n) is 5.86. The zero-order valence-electron chi connectivity index (χ0n) is 18.0. The highest BCUT2D eigenvalue weighted by Gasteiger charge is 2.16. The van der Waals surface area contributed by atoms with E-state index in [0.717, 1.165) is 43.0 Å². The molecule has 2 atom stereocenters. The minimum atomic E-state index is 0.299. The third kappa shape index (κ3) is 4.82. The van der Waals surface area contributed by atoms with Gasteiger partial charge in [-0.25, -0.2) is 0 Å². The Kier molecular flexibility index (Phi) is 6.34. The summed E-state index contributed by atoms with van der Waals surface area (Å²) in [5.74, 6) is 1.40. The lowest BCUT2D eigenvalue weighted by Crippen LogP contribution is -2.19. The molecule has 1 saturated heterocycles. The van der Waals surface area contributed by atoms with Crippen LogP contribution in [-0.4, -0.2) is 32.0 Å². The molecule has 0 radical (unpaired) electrons. The van der Waals surface area contributed by atoms with E-state index in [0.29, 0.717) is 12.0 Å². The molecule has 1 aliphatic heterocycles. The van der Waals surface area contributed by atoms with Gasteiger partial charge in [-0.15, -0.1) is 0 Å². The van der Waals surface area contributed by atoms with Gasteiger partial charge < -0.3 is 14.9 Å². The highest BCUT2D eigenvalue weighted by molar-refractivity contribution is 6.01. The first kappa shape index (κ1) is 20.4. The molecule has 4 heteroatoms. The normalized spacial score (nSPS) is 17.8. The third-order valence-corrected chi connectivity index (χ3v) is 5.86. The van der Waals surface area contributed by atoms with Crippen molar-refractivity contribution in [1.82, 2.24) is 5.32 Å². The summed E-state index contributed by atoms with van der Waals surface area (Å²) in [6, 6.07) is 21.8. The molecule has 0 saturated carbocycles. The van der Waals surface area contributed by atoms with Crippen molar-refractivity contribution in [3.63, 3.8) is 0 Å². The summed E-state index contributed by atoms with van der Waals surface area (Å²) in [5.41, 5.74) is 4.64. The molecule has 1 heterocycles. The van der Waals surface area contributed by atoms with Crippen LogP contribution in [-0.2, 0) is 11.3 Å². The van der Waals surface area contributed by atoms with Gasteiger partial charge in [0, 0.05) is 6.54 Å². The Morgan fingerprint density at radius 2 is 1.87 bits per heavy atom. The maximum absolute atomic E-state index is 6.04. The monoisotopic (exact) mass is 402 g/mol. The summed E-state index contributed by atoms with van der Waals surface area (Å²) in [7, 11) is 1.58. The molecule has 156 valence electrons. The number of hydrogen-bond donors (Lipinski definition) is 1. The molecule has 3 aromatic carbocycles. The van der Waals surface area contributed by atoms with Crippen molar-refractivity contribution in [3.05, 3.63) is 77.4 Å². The van der Waals surface area contributed by atoms with E-state index in [9.17, 15) is 0 Å². The second kappa shape index (κ2) is 9.31. The van der Waals surface area contributed by atoms with Gasteiger partial charge in [0.1, 0.15) is 19.0 Å². The Morgan fingerprint density at radius 1 is 1.07 bits per heavy atom. The first-order valence-electron chi connectivity index (χ1n) is 10.7. The molecule has 0 aliphatic carbocycles. The topological polar surface area (TPSA) is 42.9 Å². The number of nitrogens with one attached hydrogen (secondary N) is 1. The van der Waals surface area contributed by atoms with E-state index in [-0.39, 0.29) is 0 Å². The summed E-state index contributed by atoms with van der Waals surface area (Å²) >= 11 is 0. The molecule has 3 aromatic rings. The number of rotatable bonds is 7. The minimum absolute atomic E-state index is 0.299. The van der Waals surface area contributed by atoms with E-state index in [2.05, 4.69) is 78.1 Å². The molecule has 4 rings (SSSR count). The second-order valence-corrected chi connectivity index (χ2v) is 8.16. The van der Waals surface area contributed by atoms with Crippen molar-refractivity contribution in [2.24, 2.45) is 5.16 Å². The van der Waals surface area contributed by atoms with E-state index in [1.807, 2.05) is 6.92 Å². The highest BCUT2D eigenvalue weighted by Crippen LogP contribution is 2.26. The maximum Gasteiger partial charge on any atom is 0.119 e. The van der Waals surface area contributed by atoms with Crippen LogP contribution in [0.25, 0.3) is 10.8 Å². The Balaban J connectivity index is 1.46. The Bertz CT molecular complexity index is 1020. The van der Waals surface area contributed by atoms with Crippen LogP contribution >= 0.6 is 0 Å². The molecule has 0 bridgehead atoms. The first-order valence-corrected chi connectivity index (χ1v) is 10.7. The van der Waals surface area contributed by atoms with Crippen LogP contribution < -0.4 is 10.1 Å². The zero-order valence-corrected chi connectivity index (χ0v) is 18.0. The Labute approximate surface area is 178 Å². The second-order valence-electron chi connectivity index (χ2n) is 8.16. The van der Waals surface area contributed by atoms with Crippen LogP contribution in [0.15, 0.2) is 65.8 Å². The van der Waals surface area contributed by atoms with E-state index >= 15 is 0 Å². The van der Waals surface area contributed by atoms with Crippen LogP contribution in [0.4, 0.5) is 0 Å². The van der Waals surface area contributed by atoms with E-state index in [1.54, 1.807) is 7.11 Å². The number of hydrogen-bond acceptors (Lipinski definition) is 4. The van der Waals surface area contributed by atoms with Crippen molar-refractivity contribution >= 4 is 16.5 Å². The van der Waals surface area contributed by atoms with Crippen LogP contribution in [0.5, 0.6) is 5.75 Å². The van der Waals surface area contributed by atoms with Gasteiger partial charge >= 0.3 is 0 Å². The summed E-state index contributed by atoms with van der Waals surface area (Å²) in [5, 5.41) is 9.87. The SMILES string of the molecule is CO/N=C(\C)c1ccc2ccc(C[C@H](C)c3ccc(OC4CCNC4)cc3)cc2c1. The van der Waals surface area contributed by atoms with E-state index in [4.69, 9.17) is 9.57 Å². The van der Waals surface area contributed by atoms with Crippen molar-refractivity contribution in [3.8, 4) is 5.75 Å². The number of fused-ring (bicyclic) bond motifs is 1. The van der Waals surface area contributed by atoms with E-state index < -0.39 is 0 Å². The van der Waals surface area contributed by atoms with Crippen LogP contribution in [0.3, 0.4) is 0 Å². The van der Waals surface area contributed by atoms with Gasteiger partial charge in [-0.1, -0.05) is 54.5 Å². The molecule has 0 aromatic heterocycles. The number of benzene rings is 3. The fraction of sp³-hybridized carbons (Fsp3) is 0.346. The quantitative estimate of drug-likeness (QED) is 0.431. The standard InChI is InChI=1S/C26H30N2O2/c1-18(21-8-10-25(11-9-21)30-26-12-13-27-17-26)14-20-4-5-22-6-7-23(16-24(22)15-20)19(2)28-29-3/h4-11,15-16,18,26-27H,12-14,17H2,1-3H3/b28-19+/t18-,26?/m0/s1. The minimum Gasteiger partial charge on any atom is -0.489 e. The summed E-state index contributed by atoms with van der Waals surface area (Å²) < 4.78 is 6.04. The van der Waals surface area contributed by atoms with Crippen molar-refractivity contribution in [2.75, 3.05) is 20.2 Å². The Morgan fingerprint density at radius 3 is 2.60 bits per heavy atom. The fourth-order valence-corrected chi connectivity index (χ4v) is 4.11. The lowest BCUT2D eigenvalue weighted by atomic mass is 9.92. The summed E-state index contributed by atoms with van der Waals surface area (Å²) in [6.07, 6.45) is 2.38. The predicted molar refractivity (Wildman–Crippen MR) is 124 cm³/mol. The fourth-order valence-electron chi connectivity index (χ4n) is 4.11. The lowest BCUT2D eigenvalue weighted by Gasteiger charge is -2.16. The average Bonchev–Trinajstić information content (AvgIpc) is 3.27. The number of ether oxygens (including phenoxy) is 1. The van der Waals surface area contributed by atoms with Crippen LogP contribution in [0, 0.1) is 0 Å². The average molecular weight is 403 g/mol. The van der Waals surface area contributed by atoms with Crippen LogP contribution in [0.1, 0.15) is 42.9 Å². The van der Waals surface area contributed by atoms with Gasteiger partial charge in [-0.2, -0.15) is 0 Å². The lowest BCUT2D eigenvalue weighted by molar-refractivity contribution is 0.213. The Hall–Kier alpha value is -2.85. The smallest absolute Gasteiger partial charge is 0.119 e. The van der Waals surface area contributed by atoms with Crippen LogP contribution in [0.2, 0.25) is 0 Å². The molecule has 0 amide bonds. The number of nitrogens with zero attached hydrogens (tertiary/aromatic N) is 1. The van der Waals surface area contributed by atoms with Gasteiger partial charge in [0.2, 0.25) is 0 Å². The molecule has 0 spiro atoms. The van der Waals surface area contributed by atoms with Gasteiger partial charge in [-0.05, 0) is 77.9 Å². The molecule has 1 unspecified atom stereocenters. The first-order chi connectivity index (χ1) is 14.6. The maximum atomic E-state index is 6.04. The van der Waals surface area contributed by atoms with Gasteiger partial charge in [-0.3, -0.25) is 0 Å². The zero-order chi connectivity index (χ0) is 20.9. The highest BCUT2D eigenvalue weighted by atomic mass is 16.6. The van der Waals surface area contributed by atoms with Gasteiger partial charge in [0.05, 0.1) is 5.71 Å². The van der Waals surface area contributed by atoms with E-state index in [1.165, 1.54) is 21.9 Å². The molecule has 30 heavy (non-hydrogen) atoms. The van der Waals surface area contributed by atoms with Crippen molar-refractivity contribution in [1.29, 1.82) is 0 Å². The molecule has 1 N–H and O–H groups in total. The summed E-state index contributed by atoms with van der Waals surface area (Å²) in [6.45, 7) is 6.24. The van der Waals surface area contributed by atoms with Crippen molar-refractivity contribution in [2.45, 2.75) is 38.7 Å². The van der Waals surface area contributed by atoms with Gasteiger partial charge in [0.15, 0.2) is 0 Å². The van der Waals surface area contributed by atoms with Gasteiger partial charge in [0.25, 0.3) is 0 Å². The largest absolute Gasteiger partial charge is 0.489 e. The molecule has 4 nitrogen and oxygen atoms in total. The predicted octanol–water partition coefficient (Wildman–Crippen LogP) is 5.30.